The van der Waals surface area contributed by atoms with E-state index in [-0.39, 0.29) is 24.8 Å². The summed E-state index contributed by atoms with van der Waals surface area (Å²) in [6, 6.07) is 0. The van der Waals surface area contributed by atoms with Gasteiger partial charge in [-0.15, -0.1) is 0 Å². The van der Waals surface area contributed by atoms with Gasteiger partial charge in [0.2, 0.25) is 0 Å². The first kappa shape index (κ1) is 12.0. The van der Waals surface area contributed by atoms with Gasteiger partial charge < -0.3 is 15.0 Å². The average molecular weight is 199 g/mol. The molecule has 3 nitrogen and oxygen atoms in total. The Morgan fingerprint density at radius 3 is 2.14 bits per heavy atom. The van der Waals surface area contributed by atoms with Gasteiger partial charge in [-0.1, -0.05) is 34.6 Å². The average Bonchev–Trinajstić information content (AvgIpc) is 1.75. The van der Waals surface area contributed by atoms with Crippen LogP contribution >= 0.6 is 0 Å². The predicted molar refractivity (Wildman–Crippen MR) is 58.6 cm³/mol. The molecule has 0 aromatic carbocycles. The lowest BCUT2D eigenvalue weighted by atomic mass is 9.71. The van der Waals surface area contributed by atoms with Crippen molar-refractivity contribution in [3.63, 3.8) is 0 Å². The van der Waals surface area contributed by atoms with Crippen molar-refractivity contribution in [2.75, 3.05) is 0 Å². The molecule has 0 saturated carbocycles. The van der Waals surface area contributed by atoms with E-state index in [4.69, 9.17) is 15.0 Å². The van der Waals surface area contributed by atoms with E-state index < -0.39 is 0 Å². The SMILES string of the molecule is CC(C)C[C@H](N)B1OC(C(C)(C)C)O1. The van der Waals surface area contributed by atoms with Crippen LogP contribution in [0.15, 0.2) is 0 Å². The fraction of sp³-hybridized carbons (Fsp3) is 1.00. The van der Waals surface area contributed by atoms with Gasteiger partial charge in [-0.25, -0.2) is 0 Å². The zero-order chi connectivity index (χ0) is 10.9. The predicted octanol–water partition coefficient (Wildman–Crippen LogP) is 1.81. The van der Waals surface area contributed by atoms with E-state index in [0.29, 0.717) is 5.92 Å². The van der Waals surface area contributed by atoms with Crippen molar-refractivity contribution in [2.45, 2.75) is 53.3 Å². The minimum Gasteiger partial charge on any atom is -0.385 e. The summed E-state index contributed by atoms with van der Waals surface area (Å²) in [5.74, 6) is 0.597. The maximum atomic E-state index is 5.94. The third kappa shape index (κ3) is 2.97. The van der Waals surface area contributed by atoms with Gasteiger partial charge in [-0.2, -0.15) is 0 Å². The van der Waals surface area contributed by atoms with Gasteiger partial charge in [0.25, 0.3) is 0 Å². The molecule has 14 heavy (non-hydrogen) atoms. The first-order valence-corrected chi connectivity index (χ1v) is 5.37. The molecule has 0 radical (unpaired) electrons. The van der Waals surface area contributed by atoms with Crippen LogP contribution in [0.5, 0.6) is 0 Å². The summed E-state index contributed by atoms with van der Waals surface area (Å²) in [5, 5.41) is 0. The fourth-order valence-corrected chi connectivity index (χ4v) is 1.52. The van der Waals surface area contributed by atoms with E-state index in [2.05, 4.69) is 34.6 Å². The van der Waals surface area contributed by atoms with Crippen LogP contribution in [0.2, 0.25) is 0 Å². The van der Waals surface area contributed by atoms with Crippen molar-refractivity contribution in [2.24, 2.45) is 17.1 Å². The maximum Gasteiger partial charge on any atom is 0.478 e. The molecule has 2 N–H and O–H groups in total. The molecule has 1 heterocycles. The smallest absolute Gasteiger partial charge is 0.385 e. The molecule has 0 unspecified atom stereocenters. The molecule has 0 spiro atoms. The fourth-order valence-electron chi connectivity index (χ4n) is 1.52. The molecule has 0 aromatic heterocycles. The molecule has 4 heteroatoms. The lowest BCUT2D eigenvalue weighted by molar-refractivity contribution is -0.176. The highest BCUT2D eigenvalue weighted by atomic mass is 16.8. The zero-order valence-corrected chi connectivity index (χ0v) is 9.91. The molecule has 0 bridgehead atoms. The van der Waals surface area contributed by atoms with Gasteiger partial charge in [0.15, 0.2) is 0 Å². The first-order valence-electron chi connectivity index (χ1n) is 5.37. The molecule has 0 aromatic rings. The van der Waals surface area contributed by atoms with Crippen LogP contribution in [0.1, 0.15) is 41.0 Å². The molecule has 82 valence electrons. The van der Waals surface area contributed by atoms with Crippen LogP contribution in [-0.2, 0) is 9.31 Å². The minimum absolute atomic E-state index is 0.00796. The van der Waals surface area contributed by atoms with Crippen LogP contribution in [0, 0.1) is 11.3 Å². The van der Waals surface area contributed by atoms with E-state index in [1.165, 1.54) is 0 Å². The Balaban J connectivity index is 2.27. The maximum absolute atomic E-state index is 5.94. The molecule has 0 amide bonds. The van der Waals surface area contributed by atoms with E-state index in [0.717, 1.165) is 6.42 Å². The first-order chi connectivity index (χ1) is 6.30. The minimum atomic E-state index is -0.193. The molecule has 1 aliphatic heterocycles. The van der Waals surface area contributed by atoms with Crippen molar-refractivity contribution in [1.29, 1.82) is 0 Å². The van der Waals surface area contributed by atoms with Gasteiger partial charge in [0, 0.05) is 11.4 Å². The highest BCUT2D eigenvalue weighted by molar-refractivity contribution is 6.48. The number of hydrogen-bond donors (Lipinski definition) is 1. The summed E-state index contributed by atoms with van der Waals surface area (Å²) in [5.41, 5.74) is 5.99. The summed E-state index contributed by atoms with van der Waals surface area (Å²) < 4.78 is 11.2. The number of rotatable bonds is 3. The monoisotopic (exact) mass is 199 g/mol. The van der Waals surface area contributed by atoms with Gasteiger partial charge >= 0.3 is 7.12 Å². The molecule has 1 saturated heterocycles. The highest BCUT2D eigenvalue weighted by Gasteiger charge is 2.46. The Hall–Kier alpha value is -0.0551. The zero-order valence-electron chi connectivity index (χ0n) is 9.91. The molecular formula is C10H22BNO2. The molecule has 1 atom stereocenters. The Labute approximate surface area is 87.5 Å². The summed E-state index contributed by atoms with van der Waals surface area (Å²) in [6.45, 7) is 10.6. The van der Waals surface area contributed by atoms with Crippen LogP contribution in [-0.4, -0.2) is 19.3 Å². The third-order valence-corrected chi connectivity index (χ3v) is 2.32. The molecular weight excluding hydrogens is 177 g/mol. The second kappa shape index (κ2) is 4.21. The van der Waals surface area contributed by atoms with Crippen molar-refractivity contribution >= 4 is 7.12 Å². The summed E-state index contributed by atoms with van der Waals surface area (Å²) in [4.78, 5) is 0. The molecule has 1 aliphatic rings. The second-order valence-electron chi connectivity index (χ2n) is 5.63. The normalized spacial score (nSPS) is 21.2. The van der Waals surface area contributed by atoms with E-state index in [9.17, 15) is 0 Å². The molecule has 1 rings (SSSR count). The lowest BCUT2D eigenvalue weighted by Crippen LogP contribution is -2.60. The van der Waals surface area contributed by atoms with Crippen LogP contribution in [0.4, 0.5) is 0 Å². The second-order valence-corrected chi connectivity index (χ2v) is 5.63. The Morgan fingerprint density at radius 1 is 1.29 bits per heavy atom. The van der Waals surface area contributed by atoms with Crippen LogP contribution in [0.25, 0.3) is 0 Å². The van der Waals surface area contributed by atoms with Crippen molar-refractivity contribution in [3.05, 3.63) is 0 Å². The topological polar surface area (TPSA) is 44.5 Å². The summed E-state index contributed by atoms with van der Waals surface area (Å²) in [6.07, 6.45) is 0.854. The van der Waals surface area contributed by atoms with Crippen molar-refractivity contribution < 1.29 is 9.31 Å². The van der Waals surface area contributed by atoms with Crippen LogP contribution in [0.3, 0.4) is 0 Å². The Kier molecular flexibility index (Phi) is 3.61. The summed E-state index contributed by atoms with van der Waals surface area (Å²) in [7, 11) is -0.193. The Morgan fingerprint density at radius 2 is 1.79 bits per heavy atom. The van der Waals surface area contributed by atoms with Gasteiger partial charge in [-0.3, -0.25) is 0 Å². The van der Waals surface area contributed by atoms with Gasteiger partial charge in [-0.05, 0) is 12.3 Å². The third-order valence-electron chi connectivity index (χ3n) is 2.32. The van der Waals surface area contributed by atoms with E-state index in [1.807, 2.05) is 0 Å². The standard InChI is InChI=1S/C10H22BNO2/c1-7(2)6-8(12)11-13-9(14-11)10(3,4)5/h7-9H,6,12H2,1-5H3/t8-/m0/s1. The quantitative estimate of drug-likeness (QED) is 0.705. The van der Waals surface area contributed by atoms with Crippen molar-refractivity contribution in [3.8, 4) is 0 Å². The molecule has 0 aliphatic carbocycles. The van der Waals surface area contributed by atoms with Gasteiger partial charge in [0.05, 0.1) is 0 Å². The van der Waals surface area contributed by atoms with Crippen LogP contribution < -0.4 is 5.73 Å². The lowest BCUT2D eigenvalue weighted by Gasteiger charge is -2.44. The van der Waals surface area contributed by atoms with Crippen molar-refractivity contribution in [1.82, 2.24) is 0 Å². The number of hydrogen-bond acceptors (Lipinski definition) is 3. The van der Waals surface area contributed by atoms with E-state index in [1.54, 1.807) is 0 Å². The van der Waals surface area contributed by atoms with Gasteiger partial charge in [0.1, 0.15) is 6.29 Å². The molecule has 1 fully saturated rings. The number of nitrogens with two attached hydrogens (primary N) is 1. The highest BCUT2D eigenvalue weighted by Crippen LogP contribution is 2.32. The Bertz CT molecular complexity index is 185. The largest absolute Gasteiger partial charge is 0.478 e. The van der Waals surface area contributed by atoms with E-state index >= 15 is 0 Å². The summed E-state index contributed by atoms with van der Waals surface area (Å²) >= 11 is 0.